The number of esters is 1. The highest BCUT2D eigenvalue weighted by atomic mass is 16.7. The molecule has 26 heavy (non-hydrogen) atoms. The minimum absolute atomic E-state index is 0.0553. The van der Waals surface area contributed by atoms with Crippen molar-refractivity contribution in [2.75, 3.05) is 13.2 Å². The van der Waals surface area contributed by atoms with Crippen molar-refractivity contribution < 1.29 is 19.0 Å². The number of rotatable bonds is 11. The molecule has 0 aromatic heterocycles. The number of carbonyl (C=O) groups is 1. The third-order valence-corrected chi connectivity index (χ3v) is 4.84. The van der Waals surface area contributed by atoms with Gasteiger partial charge in [-0.2, -0.15) is 0 Å². The predicted molar refractivity (Wildman–Crippen MR) is 103 cm³/mol. The van der Waals surface area contributed by atoms with E-state index in [0.29, 0.717) is 6.61 Å². The summed E-state index contributed by atoms with van der Waals surface area (Å²) in [5.41, 5.74) is 1.15. The summed E-state index contributed by atoms with van der Waals surface area (Å²) in [5, 5.41) is 0. The molecule has 0 N–H and O–H groups in total. The Morgan fingerprint density at radius 3 is 2.62 bits per heavy atom. The average molecular weight is 363 g/mol. The molecule has 4 nitrogen and oxygen atoms in total. The molecule has 1 aromatic carbocycles. The average Bonchev–Trinajstić information content (AvgIpc) is 2.66. The summed E-state index contributed by atoms with van der Waals surface area (Å²) < 4.78 is 16.8. The lowest BCUT2D eigenvalue weighted by Crippen LogP contribution is -2.25. The van der Waals surface area contributed by atoms with E-state index in [-0.39, 0.29) is 18.2 Å². The number of benzene rings is 1. The molecule has 0 radical (unpaired) electrons. The molecule has 1 aliphatic heterocycles. The van der Waals surface area contributed by atoms with Crippen molar-refractivity contribution >= 4 is 5.97 Å². The number of ether oxygens (including phenoxy) is 3. The quantitative estimate of drug-likeness (QED) is 0.397. The Morgan fingerprint density at radius 1 is 1.15 bits per heavy atom. The Hall–Kier alpha value is -1.55. The molecule has 1 aliphatic rings. The van der Waals surface area contributed by atoms with Crippen LogP contribution in [0.4, 0.5) is 0 Å². The van der Waals surface area contributed by atoms with Gasteiger partial charge in [0.15, 0.2) is 6.29 Å². The molecular formula is C22H34O4. The van der Waals surface area contributed by atoms with Gasteiger partial charge in [0.1, 0.15) is 5.75 Å². The minimum Gasteiger partial charge on any atom is -0.466 e. The van der Waals surface area contributed by atoms with Crippen molar-refractivity contribution in [3.63, 3.8) is 0 Å². The van der Waals surface area contributed by atoms with Crippen LogP contribution in [0.1, 0.15) is 70.8 Å². The summed E-state index contributed by atoms with van der Waals surface area (Å²) in [4.78, 5) is 12.3. The first-order chi connectivity index (χ1) is 12.7. The molecule has 1 aromatic rings. The fourth-order valence-corrected chi connectivity index (χ4v) is 3.33. The number of hydrogen-bond donors (Lipinski definition) is 0. The summed E-state index contributed by atoms with van der Waals surface area (Å²) in [7, 11) is 0. The highest BCUT2D eigenvalue weighted by Crippen LogP contribution is 2.22. The molecule has 0 saturated carbocycles. The highest BCUT2D eigenvalue weighted by molar-refractivity contribution is 5.72. The molecule has 1 heterocycles. The second-order valence-electron chi connectivity index (χ2n) is 7.06. The molecule has 0 bridgehead atoms. The molecule has 1 fully saturated rings. The van der Waals surface area contributed by atoms with Crippen molar-refractivity contribution in [2.24, 2.45) is 5.92 Å². The standard InChI is InChI=1S/C22H34O4/c1-3-5-6-7-10-19(22(23)24-4-2)17-18-12-14-20(15-13-18)26-21-11-8-9-16-25-21/h12-15,19,21H,3-11,16-17H2,1-2H3. The van der Waals surface area contributed by atoms with Crippen LogP contribution in [0.25, 0.3) is 0 Å². The monoisotopic (exact) mass is 362 g/mol. The first-order valence-electron chi connectivity index (χ1n) is 10.3. The molecule has 4 heteroatoms. The van der Waals surface area contributed by atoms with E-state index in [4.69, 9.17) is 14.2 Å². The second-order valence-corrected chi connectivity index (χ2v) is 7.06. The van der Waals surface area contributed by atoms with Gasteiger partial charge >= 0.3 is 5.97 Å². The molecule has 1 saturated heterocycles. The van der Waals surface area contributed by atoms with Crippen LogP contribution in [0.2, 0.25) is 0 Å². The summed E-state index contributed by atoms with van der Waals surface area (Å²) in [6.45, 7) is 5.29. The fraction of sp³-hybridized carbons (Fsp3) is 0.682. The highest BCUT2D eigenvalue weighted by Gasteiger charge is 2.20. The third kappa shape index (κ3) is 7.36. The van der Waals surface area contributed by atoms with E-state index in [1.54, 1.807) is 0 Å². The first-order valence-corrected chi connectivity index (χ1v) is 10.3. The summed E-state index contributed by atoms with van der Waals surface area (Å²) in [6.07, 6.45) is 9.41. The van der Waals surface area contributed by atoms with E-state index in [2.05, 4.69) is 19.1 Å². The van der Waals surface area contributed by atoms with Crippen LogP contribution >= 0.6 is 0 Å². The van der Waals surface area contributed by atoms with E-state index in [0.717, 1.165) is 56.4 Å². The van der Waals surface area contributed by atoms with Crippen LogP contribution in [-0.4, -0.2) is 25.5 Å². The molecule has 2 unspecified atom stereocenters. The molecular weight excluding hydrogens is 328 g/mol. The topological polar surface area (TPSA) is 44.8 Å². The number of hydrogen-bond acceptors (Lipinski definition) is 4. The third-order valence-electron chi connectivity index (χ3n) is 4.84. The van der Waals surface area contributed by atoms with Gasteiger partial charge in [0, 0.05) is 6.42 Å². The van der Waals surface area contributed by atoms with Gasteiger partial charge in [-0.05, 0) is 50.3 Å². The molecule has 2 rings (SSSR count). The number of unbranched alkanes of at least 4 members (excludes halogenated alkanes) is 3. The van der Waals surface area contributed by atoms with Crippen LogP contribution in [0.5, 0.6) is 5.75 Å². The zero-order chi connectivity index (χ0) is 18.6. The first kappa shape index (κ1) is 20.8. The Labute approximate surface area is 158 Å². The molecule has 0 amide bonds. The van der Waals surface area contributed by atoms with E-state index in [1.807, 2.05) is 19.1 Å². The molecule has 2 atom stereocenters. The maximum atomic E-state index is 12.3. The van der Waals surface area contributed by atoms with Crippen molar-refractivity contribution in [2.45, 2.75) is 77.9 Å². The lowest BCUT2D eigenvalue weighted by Gasteiger charge is -2.23. The van der Waals surface area contributed by atoms with Gasteiger partial charge in [0.2, 0.25) is 0 Å². The van der Waals surface area contributed by atoms with Gasteiger partial charge in [0.05, 0.1) is 19.1 Å². The van der Waals surface area contributed by atoms with Gasteiger partial charge in [-0.15, -0.1) is 0 Å². The largest absolute Gasteiger partial charge is 0.466 e. The van der Waals surface area contributed by atoms with Crippen molar-refractivity contribution in [1.82, 2.24) is 0 Å². The fourth-order valence-electron chi connectivity index (χ4n) is 3.33. The lowest BCUT2D eigenvalue weighted by molar-refractivity contribution is -0.148. The lowest BCUT2D eigenvalue weighted by atomic mass is 9.93. The summed E-state index contributed by atoms with van der Waals surface area (Å²) >= 11 is 0. The minimum atomic E-state index is -0.125. The second kappa shape index (κ2) is 11.9. The van der Waals surface area contributed by atoms with Crippen molar-refractivity contribution in [3.8, 4) is 5.75 Å². The van der Waals surface area contributed by atoms with Gasteiger partial charge in [-0.1, -0.05) is 44.7 Å². The normalized spacial score (nSPS) is 18.3. The Kier molecular flexibility index (Phi) is 9.54. The molecule has 0 aliphatic carbocycles. The van der Waals surface area contributed by atoms with E-state index in [1.165, 1.54) is 19.3 Å². The smallest absolute Gasteiger partial charge is 0.309 e. The van der Waals surface area contributed by atoms with E-state index < -0.39 is 0 Å². The predicted octanol–water partition coefficient (Wildman–Crippen LogP) is 5.28. The molecule has 0 spiro atoms. The van der Waals surface area contributed by atoms with E-state index >= 15 is 0 Å². The van der Waals surface area contributed by atoms with Crippen LogP contribution in [0, 0.1) is 5.92 Å². The number of carbonyl (C=O) groups excluding carboxylic acids is 1. The Morgan fingerprint density at radius 2 is 1.96 bits per heavy atom. The van der Waals surface area contributed by atoms with Gasteiger partial charge in [0.25, 0.3) is 0 Å². The van der Waals surface area contributed by atoms with Crippen LogP contribution < -0.4 is 4.74 Å². The summed E-state index contributed by atoms with van der Waals surface area (Å²) in [5.74, 6) is 0.705. The van der Waals surface area contributed by atoms with Crippen LogP contribution in [0.15, 0.2) is 24.3 Å². The Balaban J connectivity index is 1.88. The maximum absolute atomic E-state index is 12.3. The zero-order valence-electron chi connectivity index (χ0n) is 16.4. The molecule has 146 valence electrons. The van der Waals surface area contributed by atoms with E-state index in [9.17, 15) is 4.79 Å². The zero-order valence-corrected chi connectivity index (χ0v) is 16.4. The van der Waals surface area contributed by atoms with Crippen LogP contribution in [0.3, 0.4) is 0 Å². The van der Waals surface area contributed by atoms with Crippen molar-refractivity contribution in [1.29, 1.82) is 0 Å². The van der Waals surface area contributed by atoms with Crippen molar-refractivity contribution in [3.05, 3.63) is 29.8 Å². The summed E-state index contributed by atoms with van der Waals surface area (Å²) in [6, 6.07) is 8.06. The van der Waals surface area contributed by atoms with Gasteiger partial charge in [-0.25, -0.2) is 0 Å². The Bertz CT molecular complexity index is 505. The SMILES string of the molecule is CCCCCCC(Cc1ccc(OC2CCCCO2)cc1)C(=O)OCC. The van der Waals surface area contributed by atoms with Gasteiger partial charge < -0.3 is 14.2 Å². The van der Waals surface area contributed by atoms with Gasteiger partial charge in [-0.3, -0.25) is 4.79 Å². The maximum Gasteiger partial charge on any atom is 0.309 e. The van der Waals surface area contributed by atoms with Crippen LogP contribution in [-0.2, 0) is 20.7 Å².